The molecule has 0 saturated heterocycles. The van der Waals surface area contributed by atoms with Crippen molar-refractivity contribution in [2.45, 2.75) is 50.7 Å². The summed E-state index contributed by atoms with van der Waals surface area (Å²) in [6, 6.07) is 5.39. The Morgan fingerprint density at radius 3 is 2.50 bits per heavy atom. The second kappa shape index (κ2) is 9.99. The van der Waals surface area contributed by atoms with E-state index in [0.29, 0.717) is 18.4 Å². The van der Waals surface area contributed by atoms with Crippen molar-refractivity contribution in [2.24, 2.45) is 11.7 Å². The van der Waals surface area contributed by atoms with Crippen molar-refractivity contribution in [3.8, 4) is 17.0 Å². The summed E-state index contributed by atoms with van der Waals surface area (Å²) in [6.07, 6.45) is 4.35. The minimum absolute atomic E-state index is 0.0141. The van der Waals surface area contributed by atoms with E-state index < -0.39 is 46.1 Å². The number of Topliss-reactive ketones (excluding diaryl/α,β-unsaturated/α-hetero) is 1. The summed E-state index contributed by atoms with van der Waals surface area (Å²) < 4.78 is 48.5. The van der Waals surface area contributed by atoms with E-state index >= 15 is 0 Å². The Labute approximate surface area is 207 Å². The molecule has 0 unspecified atom stereocenters. The average Bonchev–Trinajstić information content (AvgIpc) is 2.83. The molecule has 0 radical (unpaired) electrons. The predicted molar refractivity (Wildman–Crippen MR) is 128 cm³/mol. The third kappa shape index (κ3) is 4.85. The number of carbonyl (C=O) groups is 1. The lowest BCUT2D eigenvalue weighted by Gasteiger charge is -2.44. The Balaban J connectivity index is 1.63. The van der Waals surface area contributed by atoms with Crippen LogP contribution in [0.15, 0.2) is 42.7 Å². The molecule has 3 aromatic rings. The number of ketones is 1. The summed E-state index contributed by atoms with van der Waals surface area (Å²) in [5.74, 6) is -3.65. The topological polar surface area (TPSA) is 98.3 Å². The number of aliphatic hydroxyl groups is 1. The number of nitrogens with zero attached hydrogens (tertiary/aromatic N) is 2. The first-order valence-electron chi connectivity index (χ1n) is 11.7. The fourth-order valence-electron chi connectivity index (χ4n) is 4.84. The quantitative estimate of drug-likeness (QED) is 0.482. The highest BCUT2D eigenvalue weighted by Crippen LogP contribution is 2.42. The molecule has 1 aromatic carbocycles. The first kappa shape index (κ1) is 25.8. The van der Waals surface area contributed by atoms with Crippen molar-refractivity contribution in [3.63, 3.8) is 0 Å². The van der Waals surface area contributed by atoms with Gasteiger partial charge in [0, 0.05) is 37.0 Å². The molecule has 6 nitrogen and oxygen atoms in total. The van der Waals surface area contributed by atoms with Gasteiger partial charge in [0.05, 0.1) is 18.3 Å². The van der Waals surface area contributed by atoms with Gasteiger partial charge < -0.3 is 15.6 Å². The van der Waals surface area contributed by atoms with Crippen molar-refractivity contribution < 1.29 is 27.8 Å². The fraction of sp³-hybridized carbons (Fsp3) is 0.370. The van der Waals surface area contributed by atoms with Crippen LogP contribution in [0.3, 0.4) is 0 Å². The zero-order chi connectivity index (χ0) is 26.2. The van der Waals surface area contributed by atoms with Gasteiger partial charge in [-0.1, -0.05) is 6.92 Å². The average molecular weight is 500 g/mol. The van der Waals surface area contributed by atoms with E-state index in [9.17, 15) is 23.1 Å². The molecular formula is C27H28F3N3O3. The third-order valence-electron chi connectivity index (χ3n) is 7.28. The number of pyridine rings is 2. The van der Waals surface area contributed by atoms with E-state index in [1.807, 2.05) is 13.0 Å². The second-order valence-electron chi connectivity index (χ2n) is 9.57. The van der Waals surface area contributed by atoms with Crippen LogP contribution >= 0.6 is 0 Å². The normalized spacial score (nSPS) is 23.9. The number of hydrogen-bond donors (Lipinski definition) is 2. The van der Waals surface area contributed by atoms with Gasteiger partial charge in [0.1, 0.15) is 34.6 Å². The molecule has 190 valence electrons. The molecule has 0 bridgehead atoms. The van der Waals surface area contributed by atoms with E-state index in [1.165, 1.54) is 13.2 Å². The number of halogens is 3. The first-order valence-corrected chi connectivity index (χ1v) is 11.7. The van der Waals surface area contributed by atoms with Crippen molar-refractivity contribution in [1.82, 2.24) is 9.97 Å². The third-order valence-corrected chi connectivity index (χ3v) is 7.28. The maximum atomic E-state index is 14.6. The van der Waals surface area contributed by atoms with Crippen LogP contribution in [0, 0.1) is 23.4 Å². The predicted octanol–water partition coefficient (Wildman–Crippen LogP) is 4.59. The standard InChI is InChI=1S/C27H28F3N3O3/c1-14-8-15(10-24(31)27(14,2)35)18-6-7-32-13-16(18)9-23(34)22-5-4-19(28)26(33-22)25-20(29)11-17(36-3)12-21(25)30/h4-7,11-15,24,35H,8-10,31H2,1-3H3/t14-,15+,24+,27+/m1/s1. The summed E-state index contributed by atoms with van der Waals surface area (Å²) in [4.78, 5) is 21.3. The van der Waals surface area contributed by atoms with Crippen molar-refractivity contribution in [1.29, 1.82) is 0 Å². The highest BCUT2D eigenvalue weighted by atomic mass is 19.1. The number of carbonyl (C=O) groups excluding carboxylic acids is 1. The van der Waals surface area contributed by atoms with E-state index in [2.05, 4.69) is 9.97 Å². The molecule has 0 aliphatic heterocycles. The number of ether oxygens (including phenoxy) is 1. The summed E-state index contributed by atoms with van der Waals surface area (Å²) in [5, 5.41) is 10.7. The number of nitrogens with two attached hydrogens (primary N) is 1. The SMILES string of the molecule is COc1cc(F)c(-c2nc(C(=O)Cc3cnccc3[C@H]3C[C@@H](C)[C@](C)(O)[C@@H](N)C3)ccc2F)c(F)c1. The minimum atomic E-state index is -1.06. The first-order chi connectivity index (χ1) is 17.0. The largest absolute Gasteiger partial charge is 0.497 e. The van der Waals surface area contributed by atoms with E-state index in [-0.39, 0.29) is 29.7 Å². The van der Waals surface area contributed by atoms with Gasteiger partial charge in [-0.3, -0.25) is 9.78 Å². The van der Waals surface area contributed by atoms with Crippen LogP contribution in [0.4, 0.5) is 13.2 Å². The Morgan fingerprint density at radius 1 is 1.17 bits per heavy atom. The monoisotopic (exact) mass is 499 g/mol. The molecule has 1 aliphatic carbocycles. The highest BCUT2D eigenvalue weighted by Gasteiger charge is 2.42. The summed E-state index contributed by atoms with van der Waals surface area (Å²) >= 11 is 0. The highest BCUT2D eigenvalue weighted by molar-refractivity contribution is 5.96. The van der Waals surface area contributed by atoms with Gasteiger partial charge in [-0.15, -0.1) is 0 Å². The molecule has 0 amide bonds. The lowest BCUT2D eigenvalue weighted by Crippen LogP contribution is -2.54. The maximum Gasteiger partial charge on any atom is 0.185 e. The van der Waals surface area contributed by atoms with Crippen LogP contribution in [0.25, 0.3) is 11.3 Å². The van der Waals surface area contributed by atoms with E-state index in [0.717, 1.165) is 23.8 Å². The van der Waals surface area contributed by atoms with Crippen LogP contribution in [-0.2, 0) is 6.42 Å². The number of hydrogen-bond acceptors (Lipinski definition) is 6. The van der Waals surface area contributed by atoms with Crippen molar-refractivity contribution in [2.75, 3.05) is 7.11 Å². The molecule has 4 rings (SSSR count). The molecule has 0 spiro atoms. The van der Waals surface area contributed by atoms with Crippen LogP contribution in [-0.4, -0.2) is 39.6 Å². The lowest BCUT2D eigenvalue weighted by atomic mass is 9.67. The van der Waals surface area contributed by atoms with Crippen LogP contribution < -0.4 is 10.5 Å². The number of methoxy groups -OCH3 is 1. The minimum Gasteiger partial charge on any atom is -0.497 e. The number of aromatic nitrogens is 2. The molecule has 1 saturated carbocycles. The van der Waals surface area contributed by atoms with Gasteiger partial charge >= 0.3 is 0 Å². The van der Waals surface area contributed by atoms with Crippen molar-refractivity contribution >= 4 is 5.78 Å². The number of rotatable bonds is 6. The lowest BCUT2D eigenvalue weighted by molar-refractivity contribution is -0.0464. The zero-order valence-corrected chi connectivity index (χ0v) is 20.3. The molecular weight excluding hydrogens is 471 g/mol. The van der Waals surface area contributed by atoms with Gasteiger partial charge in [0.15, 0.2) is 5.78 Å². The van der Waals surface area contributed by atoms with Gasteiger partial charge in [0.2, 0.25) is 0 Å². The Morgan fingerprint density at radius 2 is 1.86 bits per heavy atom. The smallest absolute Gasteiger partial charge is 0.185 e. The van der Waals surface area contributed by atoms with Gasteiger partial charge in [-0.25, -0.2) is 18.2 Å². The molecule has 2 aromatic heterocycles. The Bertz CT molecular complexity index is 1260. The summed E-state index contributed by atoms with van der Waals surface area (Å²) in [6.45, 7) is 3.68. The fourth-order valence-corrected chi connectivity index (χ4v) is 4.84. The Kier molecular flexibility index (Phi) is 7.15. The van der Waals surface area contributed by atoms with E-state index in [4.69, 9.17) is 10.5 Å². The molecule has 3 N–H and O–H groups in total. The van der Waals surface area contributed by atoms with Crippen LogP contribution in [0.1, 0.15) is 54.2 Å². The number of benzene rings is 1. The molecule has 2 heterocycles. The molecule has 36 heavy (non-hydrogen) atoms. The Hall–Kier alpha value is -3.30. The molecule has 1 aliphatic rings. The van der Waals surface area contributed by atoms with Gasteiger partial charge in [0.25, 0.3) is 0 Å². The van der Waals surface area contributed by atoms with Gasteiger partial charge in [-0.05, 0) is 60.9 Å². The summed E-state index contributed by atoms with van der Waals surface area (Å²) in [5.41, 5.74) is 5.41. The summed E-state index contributed by atoms with van der Waals surface area (Å²) in [7, 11) is 1.25. The second-order valence-corrected chi connectivity index (χ2v) is 9.57. The van der Waals surface area contributed by atoms with Gasteiger partial charge in [-0.2, -0.15) is 0 Å². The van der Waals surface area contributed by atoms with Crippen LogP contribution in [0.2, 0.25) is 0 Å². The zero-order valence-electron chi connectivity index (χ0n) is 20.3. The van der Waals surface area contributed by atoms with Crippen LogP contribution in [0.5, 0.6) is 5.75 Å². The molecule has 1 fully saturated rings. The maximum absolute atomic E-state index is 14.6. The molecule has 9 heteroatoms. The molecule has 4 atom stereocenters. The van der Waals surface area contributed by atoms with Crippen molar-refractivity contribution in [3.05, 3.63) is 77.0 Å². The van der Waals surface area contributed by atoms with E-state index in [1.54, 1.807) is 19.3 Å².